The zero-order valence-electron chi connectivity index (χ0n) is 6.47. The third-order valence-corrected chi connectivity index (χ3v) is 1.66. The van der Waals surface area contributed by atoms with E-state index < -0.39 is 23.6 Å². The lowest BCUT2D eigenvalue weighted by atomic mass is 9.94. The largest absolute Gasteiger partial charge is 0.478 e. The second-order valence-corrected chi connectivity index (χ2v) is 2.54. The Kier molecular flexibility index (Phi) is 2.43. The van der Waals surface area contributed by atoms with Gasteiger partial charge in [0.25, 0.3) is 0 Å². The Morgan fingerprint density at radius 3 is 2.69 bits per heavy atom. The van der Waals surface area contributed by atoms with Crippen molar-refractivity contribution in [3.63, 3.8) is 0 Å². The molecule has 6 nitrogen and oxygen atoms in total. The van der Waals surface area contributed by atoms with Crippen molar-refractivity contribution in [1.29, 1.82) is 0 Å². The number of ketones is 1. The van der Waals surface area contributed by atoms with E-state index in [1.54, 1.807) is 0 Å². The first kappa shape index (κ1) is 9.40. The van der Waals surface area contributed by atoms with Crippen LogP contribution in [0.4, 0.5) is 0 Å². The Morgan fingerprint density at radius 2 is 2.23 bits per heavy atom. The van der Waals surface area contributed by atoms with Crippen molar-refractivity contribution in [3.8, 4) is 0 Å². The highest BCUT2D eigenvalue weighted by Crippen LogP contribution is 2.14. The lowest BCUT2D eigenvalue weighted by Gasteiger charge is -2.14. The Bertz CT molecular complexity index is 317. The van der Waals surface area contributed by atoms with Crippen molar-refractivity contribution in [2.75, 3.05) is 0 Å². The van der Waals surface area contributed by atoms with Crippen molar-refractivity contribution in [2.24, 2.45) is 5.16 Å². The molecule has 0 amide bonds. The molecule has 13 heavy (non-hydrogen) atoms. The summed E-state index contributed by atoms with van der Waals surface area (Å²) in [5, 5.41) is 28.5. The molecule has 0 aromatic carbocycles. The van der Waals surface area contributed by atoms with Crippen molar-refractivity contribution in [3.05, 3.63) is 11.6 Å². The van der Waals surface area contributed by atoms with Crippen molar-refractivity contribution in [2.45, 2.75) is 12.5 Å². The highest BCUT2D eigenvalue weighted by atomic mass is 16.4. The van der Waals surface area contributed by atoms with Crippen LogP contribution in [0.15, 0.2) is 16.8 Å². The van der Waals surface area contributed by atoms with Gasteiger partial charge in [0.05, 0.1) is 0 Å². The van der Waals surface area contributed by atoms with Crippen LogP contribution in [-0.4, -0.2) is 39.0 Å². The number of Topliss-reactive ketones (excluding diaryl/α,β-unsaturated/α-hetero) is 1. The minimum atomic E-state index is -1.43. The Morgan fingerprint density at radius 1 is 1.62 bits per heavy atom. The molecule has 70 valence electrons. The van der Waals surface area contributed by atoms with Crippen LogP contribution >= 0.6 is 0 Å². The fraction of sp³-hybridized carbons (Fsp3) is 0.286. The van der Waals surface area contributed by atoms with Crippen LogP contribution in [0, 0.1) is 0 Å². The first-order valence-electron chi connectivity index (χ1n) is 3.44. The number of aliphatic carboxylic acids is 1. The SMILES string of the molecule is O=C(O)C1=CC(=NO)C(=O)C(O)C1. The predicted molar refractivity (Wildman–Crippen MR) is 40.6 cm³/mol. The van der Waals surface area contributed by atoms with Crippen LogP contribution in [0.2, 0.25) is 0 Å². The molecule has 1 atom stereocenters. The average molecular weight is 185 g/mol. The maximum atomic E-state index is 10.9. The number of hydrogen-bond acceptors (Lipinski definition) is 5. The lowest BCUT2D eigenvalue weighted by molar-refractivity contribution is -0.133. The van der Waals surface area contributed by atoms with Gasteiger partial charge in [-0.15, -0.1) is 0 Å². The molecule has 1 aliphatic carbocycles. The van der Waals surface area contributed by atoms with E-state index in [1.165, 1.54) is 0 Å². The number of allylic oxidation sites excluding steroid dienone is 1. The number of carboxylic acids is 1. The number of oxime groups is 1. The maximum absolute atomic E-state index is 10.9. The van der Waals surface area contributed by atoms with Gasteiger partial charge < -0.3 is 15.4 Å². The van der Waals surface area contributed by atoms with Gasteiger partial charge in [-0.1, -0.05) is 5.16 Å². The van der Waals surface area contributed by atoms with Gasteiger partial charge in [-0.25, -0.2) is 4.79 Å². The standard InChI is InChI=1S/C7H7NO5/c9-5-2-3(7(11)12)1-4(8-13)6(5)10/h1,5,9,13H,2H2,(H,11,12). The molecule has 0 saturated heterocycles. The second-order valence-electron chi connectivity index (χ2n) is 2.54. The van der Waals surface area contributed by atoms with E-state index in [9.17, 15) is 9.59 Å². The molecule has 0 spiro atoms. The van der Waals surface area contributed by atoms with Crippen LogP contribution in [0.1, 0.15) is 6.42 Å². The van der Waals surface area contributed by atoms with Crippen LogP contribution in [-0.2, 0) is 9.59 Å². The molecular formula is C7H7NO5. The Balaban J connectivity index is 3.05. The summed E-state index contributed by atoms with van der Waals surface area (Å²) in [6.07, 6.45) is -0.744. The lowest BCUT2D eigenvalue weighted by Crippen LogP contribution is -2.33. The molecule has 0 bridgehead atoms. The van der Waals surface area contributed by atoms with E-state index in [1.807, 2.05) is 0 Å². The highest BCUT2D eigenvalue weighted by Gasteiger charge is 2.29. The third kappa shape index (κ3) is 1.73. The highest BCUT2D eigenvalue weighted by molar-refractivity contribution is 6.47. The molecule has 0 radical (unpaired) electrons. The van der Waals surface area contributed by atoms with Gasteiger partial charge in [0.1, 0.15) is 11.8 Å². The smallest absolute Gasteiger partial charge is 0.331 e. The molecule has 6 heteroatoms. The number of nitrogens with zero attached hydrogens (tertiary/aromatic N) is 1. The topological polar surface area (TPSA) is 107 Å². The average Bonchev–Trinajstić information content (AvgIpc) is 2.09. The quantitative estimate of drug-likeness (QED) is 0.364. The van der Waals surface area contributed by atoms with E-state index in [-0.39, 0.29) is 12.0 Å². The summed E-state index contributed by atoms with van der Waals surface area (Å²) in [5.41, 5.74) is -0.587. The van der Waals surface area contributed by atoms with E-state index in [0.717, 1.165) is 6.08 Å². The Hall–Kier alpha value is -1.69. The maximum Gasteiger partial charge on any atom is 0.331 e. The number of aliphatic hydroxyl groups is 1. The molecule has 0 heterocycles. The molecule has 1 unspecified atom stereocenters. The van der Waals surface area contributed by atoms with Crippen LogP contribution in [0.3, 0.4) is 0 Å². The zero-order valence-corrected chi connectivity index (χ0v) is 6.47. The molecule has 1 rings (SSSR count). The van der Waals surface area contributed by atoms with Gasteiger partial charge >= 0.3 is 5.97 Å². The van der Waals surface area contributed by atoms with E-state index >= 15 is 0 Å². The minimum absolute atomic E-state index is 0.153. The van der Waals surface area contributed by atoms with Gasteiger partial charge in [0.15, 0.2) is 0 Å². The molecule has 0 fully saturated rings. The molecule has 3 N–H and O–H groups in total. The molecule has 1 aliphatic rings. The van der Waals surface area contributed by atoms with Gasteiger partial charge in [0, 0.05) is 12.0 Å². The summed E-state index contributed by atoms with van der Waals surface area (Å²) in [5.74, 6) is -2.01. The van der Waals surface area contributed by atoms with Crippen LogP contribution in [0.5, 0.6) is 0 Å². The van der Waals surface area contributed by atoms with Crippen LogP contribution in [0.25, 0.3) is 0 Å². The summed E-state index contributed by atoms with van der Waals surface area (Å²) in [6, 6.07) is 0. The summed E-state index contributed by atoms with van der Waals surface area (Å²) in [4.78, 5) is 21.4. The molecule has 0 aromatic heterocycles. The first-order chi connectivity index (χ1) is 6.06. The van der Waals surface area contributed by atoms with Crippen molar-refractivity contribution >= 4 is 17.5 Å². The second kappa shape index (κ2) is 3.36. The monoisotopic (exact) mass is 185 g/mol. The summed E-state index contributed by atoms with van der Waals surface area (Å²) >= 11 is 0. The number of carbonyl (C=O) groups is 2. The summed E-state index contributed by atoms with van der Waals surface area (Å²) < 4.78 is 0. The normalized spacial score (nSPS) is 25.9. The van der Waals surface area contributed by atoms with Crippen molar-refractivity contribution < 1.29 is 25.0 Å². The fourth-order valence-electron chi connectivity index (χ4n) is 0.994. The summed E-state index contributed by atoms with van der Waals surface area (Å²) in [7, 11) is 0. The van der Waals surface area contributed by atoms with Gasteiger partial charge in [-0.05, 0) is 6.08 Å². The number of carbonyl (C=O) groups excluding carboxylic acids is 1. The summed E-state index contributed by atoms with van der Waals surface area (Å²) in [6.45, 7) is 0. The first-order valence-corrected chi connectivity index (χ1v) is 3.44. The minimum Gasteiger partial charge on any atom is -0.478 e. The van der Waals surface area contributed by atoms with Gasteiger partial charge in [0.2, 0.25) is 5.78 Å². The number of aliphatic hydroxyl groups excluding tert-OH is 1. The van der Waals surface area contributed by atoms with Crippen LogP contribution < -0.4 is 0 Å². The molecule has 0 saturated carbocycles. The number of hydrogen-bond donors (Lipinski definition) is 3. The zero-order chi connectivity index (χ0) is 10.0. The fourth-order valence-corrected chi connectivity index (χ4v) is 0.994. The molecule has 0 aromatic rings. The third-order valence-electron chi connectivity index (χ3n) is 1.66. The van der Waals surface area contributed by atoms with Crippen molar-refractivity contribution in [1.82, 2.24) is 0 Å². The molecular weight excluding hydrogens is 178 g/mol. The van der Waals surface area contributed by atoms with E-state index in [0.29, 0.717) is 0 Å². The van der Waals surface area contributed by atoms with E-state index in [4.69, 9.17) is 15.4 Å². The van der Waals surface area contributed by atoms with E-state index in [2.05, 4.69) is 5.16 Å². The van der Waals surface area contributed by atoms with Gasteiger partial charge in [-0.2, -0.15) is 0 Å². The molecule has 0 aliphatic heterocycles. The number of rotatable bonds is 1. The van der Waals surface area contributed by atoms with Gasteiger partial charge in [-0.3, -0.25) is 4.79 Å². The predicted octanol–water partition coefficient (Wildman–Crippen LogP) is -0.839. The Labute approximate surface area is 72.8 Å². The number of carboxylic acid groups (broad SMARTS) is 1.